The molecule has 10 heteroatoms. The lowest BCUT2D eigenvalue weighted by molar-refractivity contribution is -0.128. The Morgan fingerprint density at radius 2 is 2.07 bits per heavy atom. The number of dihydropyridines is 1. The summed E-state index contributed by atoms with van der Waals surface area (Å²) >= 11 is 0. The molecule has 2 amide bonds. The Labute approximate surface area is 167 Å². The second-order valence-electron chi connectivity index (χ2n) is 7.48. The van der Waals surface area contributed by atoms with Crippen LogP contribution in [0.2, 0.25) is 0 Å². The highest BCUT2D eigenvalue weighted by atomic mass is 16.6. The lowest BCUT2D eigenvalue weighted by Gasteiger charge is -2.28. The molecule has 0 fully saturated rings. The van der Waals surface area contributed by atoms with Gasteiger partial charge < -0.3 is 10.5 Å². The zero-order valence-electron chi connectivity index (χ0n) is 16.8. The number of hydrogen-bond acceptors (Lipinski definition) is 7. The van der Waals surface area contributed by atoms with Gasteiger partial charge in [0.2, 0.25) is 5.91 Å². The Morgan fingerprint density at radius 1 is 1.41 bits per heavy atom. The summed E-state index contributed by atoms with van der Waals surface area (Å²) in [6, 6.07) is 2.47. The summed E-state index contributed by atoms with van der Waals surface area (Å²) in [5, 5.41) is 11.5. The maximum absolute atomic E-state index is 12.6. The van der Waals surface area contributed by atoms with E-state index < -0.39 is 29.2 Å². The summed E-state index contributed by atoms with van der Waals surface area (Å²) in [5.74, 6) is -0.700. The van der Waals surface area contributed by atoms with E-state index in [9.17, 15) is 14.4 Å². The second-order valence-corrected chi connectivity index (χ2v) is 7.48. The van der Waals surface area contributed by atoms with Gasteiger partial charge in [-0.25, -0.2) is 10.3 Å². The first kappa shape index (κ1) is 21.9. The molecule has 5 N–H and O–H groups in total. The molecule has 0 aliphatic carbocycles. The number of carbonyl (C=O) groups excluding carboxylic acids is 2. The molecule has 0 saturated heterocycles. The third-order valence-corrected chi connectivity index (χ3v) is 4.02. The summed E-state index contributed by atoms with van der Waals surface area (Å²) < 4.78 is 6.44. The van der Waals surface area contributed by atoms with E-state index >= 15 is 0 Å². The molecule has 0 spiro atoms. The van der Waals surface area contributed by atoms with Crippen molar-refractivity contribution >= 4 is 29.2 Å². The number of hydrogen-bond donors (Lipinski definition) is 4. The van der Waals surface area contributed by atoms with Gasteiger partial charge in [0, 0.05) is 6.20 Å². The largest absolute Gasteiger partial charge is 0.444 e. The van der Waals surface area contributed by atoms with E-state index in [0.717, 1.165) is 0 Å². The number of anilines is 1. The summed E-state index contributed by atoms with van der Waals surface area (Å²) in [6.07, 6.45) is 0.350. The number of amidine groups is 1. The molecule has 1 atom stereocenters. The number of hydroxylamine groups is 1. The predicted octanol–water partition coefficient (Wildman–Crippen LogP) is 1.42. The lowest BCUT2D eigenvalue weighted by Crippen LogP contribution is -2.42. The van der Waals surface area contributed by atoms with E-state index in [1.807, 2.05) is 0 Å². The van der Waals surface area contributed by atoms with Crippen LogP contribution in [0.15, 0.2) is 45.8 Å². The molecule has 1 aromatic heterocycles. The monoisotopic (exact) mass is 403 g/mol. The minimum atomic E-state index is -0.781. The molecular formula is C19H25N5O5. The van der Waals surface area contributed by atoms with Crippen molar-refractivity contribution in [3.05, 3.63) is 46.4 Å². The van der Waals surface area contributed by atoms with Crippen LogP contribution >= 0.6 is 0 Å². The summed E-state index contributed by atoms with van der Waals surface area (Å²) in [5.41, 5.74) is 6.83. The van der Waals surface area contributed by atoms with Crippen LogP contribution in [0.5, 0.6) is 0 Å². The van der Waals surface area contributed by atoms with Gasteiger partial charge in [0.15, 0.2) is 5.84 Å². The van der Waals surface area contributed by atoms with E-state index in [-0.39, 0.29) is 23.6 Å². The van der Waals surface area contributed by atoms with Gasteiger partial charge in [0.1, 0.15) is 5.60 Å². The molecule has 0 bridgehead atoms. The van der Waals surface area contributed by atoms with E-state index in [2.05, 4.69) is 16.9 Å². The normalized spacial score (nSPS) is 16.9. The van der Waals surface area contributed by atoms with Crippen LogP contribution < -0.4 is 22.1 Å². The van der Waals surface area contributed by atoms with Crippen molar-refractivity contribution in [3.63, 3.8) is 0 Å². The quantitative estimate of drug-likeness (QED) is 0.443. The van der Waals surface area contributed by atoms with Crippen LogP contribution in [0.3, 0.4) is 0 Å². The van der Waals surface area contributed by atoms with Crippen LogP contribution in [-0.2, 0) is 9.53 Å². The number of rotatable bonds is 3. The van der Waals surface area contributed by atoms with Gasteiger partial charge in [-0.3, -0.25) is 29.7 Å². The van der Waals surface area contributed by atoms with Crippen LogP contribution in [0, 0.1) is 0 Å². The number of nitrogen functional groups attached to an aromatic ring is 1. The fourth-order valence-corrected chi connectivity index (χ4v) is 2.72. The Kier molecular flexibility index (Phi) is 6.28. The Hall–Kier alpha value is -3.40. The van der Waals surface area contributed by atoms with E-state index in [1.165, 1.54) is 16.8 Å². The first-order valence-electron chi connectivity index (χ1n) is 8.85. The zero-order valence-corrected chi connectivity index (χ0v) is 16.8. The van der Waals surface area contributed by atoms with Crippen LogP contribution in [0.4, 0.5) is 10.5 Å². The maximum Gasteiger partial charge on any atom is 0.413 e. The summed E-state index contributed by atoms with van der Waals surface area (Å²) in [6.45, 7) is 10.8. The van der Waals surface area contributed by atoms with Gasteiger partial charge >= 0.3 is 6.09 Å². The Morgan fingerprint density at radius 3 is 2.66 bits per heavy atom. The molecule has 0 saturated carbocycles. The first-order chi connectivity index (χ1) is 13.4. The highest BCUT2D eigenvalue weighted by molar-refractivity contribution is 6.24. The standard InChI is InChI=1S/C19H25N5O5/c1-10-11(2)21-16(22-18(27)29-19(3,4)5)15(12(10)9-14(25)23-28)24-8-6-7-13(20)17(24)26/h6-8,11,28H,1,9,20H2,2-5H3,(H,23,25)(H,21,22,27). The molecule has 0 radical (unpaired) electrons. The topological polar surface area (TPSA) is 148 Å². The van der Waals surface area contributed by atoms with Crippen LogP contribution in [0.25, 0.3) is 5.70 Å². The molecule has 2 heterocycles. The third-order valence-electron chi connectivity index (χ3n) is 4.02. The highest BCUT2D eigenvalue weighted by Crippen LogP contribution is 2.30. The number of carbonyl (C=O) groups is 2. The number of aliphatic imine (C=N–C) groups is 1. The van der Waals surface area contributed by atoms with Crippen molar-refractivity contribution in [2.45, 2.75) is 45.8 Å². The molecule has 10 nitrogen and oxygen atoms in total. The van der Waals surface area contributed by atoms with E-state index in [4.69, 9.17) is 15.7 Å². The summed E-state index contributed by atoms with van der Waals surface area (Å²) in [7, 11) is 0. The number of alkyl carbamates (subject to hydrolysis) is 1. The second kappa shape index (κ2) is 8.31. The minimum Gasteiger partial charge on any atom is -0.444 e. The fourth-order valence-electron chi connectivity index (χ4n) is 2.72. The molecule has 29 heavy (non-hydrogen) atoms. The van der Waals surface area contributed by atoms with Gasteiger partial charge in [-0.2, -0.15) is 0 Å². The molecule has 2 rings (SSSR count). The van der Waals surface area contributed by atoms with Gasteiger partial charge in [-0.05, 0) is 51.0 Å². The zero-order chi connectivity index (χ0) is 21.9. The maximum atomic E-state index is 12.6. The number of nitrogens with one attached hydrogen (secondary N) is 2. The first-order valence-corrected chi connectivity index (χ1v) is 8.85. The predicted molar refractivity (Wildman–Crippen MR) is 108 cm³/mol. The number of nitrogens with two attached hydrogens (primary N) is 1. The lowest BCUT2D eigenvalue weighted by atomic mass is 9.93. The number of nitrogens with zero attached hydrogens (tertiary/aromatic N) is 2. The summed E-state index contributed by atoms with van der Waals surface area (Å²) in [4.78, 5) is 41.3. The highest BCUT2D eigenvalue weighted by Gasteiger charge is 2.30. The van der Waals surface area contributed by atoms with Gasteiger partial charge in [-0.15, -0.1) is 0 Å². The smallest absolute Gasteiger partial charge is 0.413 e. The molecule has 156 valence electrons. The average Bonchev–Trinajstić information content (AvgIpc) is 2.60. The molecular weight excluding hydrogens is 378 g/mol. The Balaban J connectivity index is 2.65. The fraction of sp³-hybridized carbons (Fsp3) is 0.368. The number of ether oxygens (including phenoxy) is 1. The van der Waals surface area contributed by atoms with Gasteiger partial charge in [0.05, 0.1) is 23.8 Å². The van der Waals surface area contributed by atoms with Crippen molar-refractivity contribution in [2.24, 2.45) is 4.99 Å². The van der Waals surface area contributed by atoms with E-state index in [0.29, 0.717) is 11.1 Å². The van der Waals surface area contributed by atoms with Gasteiger partial charge in [0.25, 0.3) is 5.56 Å². The third kappa shape index (κ3) is 5.11. The minimum absolute atomic E-state index is 0.0209. The van der Waals surface area contributed by atoms with Crippen molar-refractivity contribution in [1.29, 1.82) is 0 Å². The van der Waals surface area contributed by atoms with Crippen LogP contribution in [-0.4, -0.2) is 39.3 Å². The SMILES string of the molecule is C=C1C(CC(=O)NO)=C(n2cccc(N)c2=O)C(NC(=O)OC(C)(C)C)=NC1C. The Bertz CT molecular complexity index is 968. The molecule has 1 aromatic rings. The molecule has 0 aromatic carbocycles. The molecule has 1 aliphatic rings. The molecule has 1 aliphatic heterocycles. The van der Waals surface area contributed by atoms with Crippen molar-refractivity contribution < 1.29 is 19.5 Å². The van der Waals surface area contributed by atoms with Crippen molar-refractivity contribution in [3.8, 4) is 0 Å². The van der Waals surface area contributed by atoms with Crippen LogP contribution in [0.1, 0.15) is 34.1 Å². The van der Waals surface area contributed by atoms with Crippen molar-refractivity contribution in [1.82, 2.24) is 15.4 Å². The van der Waals surface area contributed by atoms with E-state index in [1.54, 1.807) is 39.2 Å². The average molecular weight is 403 g/mol. The molecule has 1 unspecified atom stereocenters. The number of amides is 2. The number of pyridine rings is 1. The van der Waals surface area contributed by atoms with Gasteiger partial charge in [-0.1, -0.05) is 6.58 Å². The van der Waals surface area contributed by atoms with Crippen molar-refractivity contribution in [2.75, 3.05) is 5.73 Å². The number of aromatic nitrogens is 1.